The molecule has 0 fully saturated rings. The molecule has 206 valence electrons. The molecule has 2 atom stereocenters. The van der Waals surface area contributed by atoms with Crippen molar-refractivity contribution in [1.82, 2.24) is 4.37 Å². The van der Waals surface area contributed by atoms with Crippen LogP contribution in [0.5, 0.6) is 0 Å². The van der Waals surface area contributed by atoms with Crippen LogP contribution in [0.4, 0.5) is 10.5 Å². The lowest BCUT2D eigenvalue weighted by atomic mass is 9.90. The van der Waals surface area contributed by atoms with Crippen LogP contribution in [0.3, 0.4) is 0 Å². The van der Waals surface area contributed by atoms with Crippen LogP contribution in [0.1, 0.15) is 41.3 Å². The molecule has 41 heavy (non-hydrogen) atoms. The van der Waals surface area contributed by atoms with Crippen molar-refractivity contribution in [1.29, 1.82) is 0 Å². The monoisotopic (exact) mass is 582 g/mol. The minimum Gasteiger partial charge on any atom is -0.481 e. The lowest BCUT2D eigenvalue weighted by Crippen LogP contribution is -2.16. The van der Waals surface area contributed by atoms with Gasteiger partial charge in [-0.3, -0.25) is 10.1 Å². The summed E-state index contributed by atoms with van der Waals surface area (Å²) in [6.07, 6.45) is -1.11. The zero-order valence-corrected chi connectivity index (χ0v) is 23.9. The van der Waals surface area contributed by atoms with Gasteiger partial charge in [0.2, 0.25) is 0 Å². The molecule has 0 radical (unpaired) electrons. The second-order valence-corrected chi connectivity index (χ2v) is 10.7. The predicted octanol–water partition coefficient (Wildman–Crippen LogP) is 8.97. The summed E-state index contributed by atoms with van der Waals surface area (Å²) in [7, 11) is 0. The molecule has 0 aliphatic heterocycles. The Bertz CT molecular complexity index is 1670. The number of nitrogens with one attached hydrogen (secondary N) is 1. The average molecular weight is 583 g/mol. The summed E-state index contributed by atoms with van der Waals surface area (Å²) < 4.78 is 10.0. The number of aryl methyl sites for hydroxylation is 1. The molecule has 6 nitrogen and oxygen atoms in total. The molecule has 1 amide bonds. The Kier molecular flexibility index (Phi) is 8.47. The molecule has 0 saturated heterocycles. The van der Waals surface area contributed by atoms with E-state index in [2.05, 4.69) is 9.69 Å². The van der Waals surface area contributed by atoms with Crippen LogP contribution in [-0.2, 0) is 9.53 Å². The fourth-order valence-corrected chi connectivity index (χ4v) is 5.82. The van der Waals surface area contributed by atoms with E-state index in [-0.39, 0.29) is 0 Å². The second-order valence-electron chi connectivity index (χ2n) is 9.55. The zero-order valence-electron chi connectivity index (χ0n) is 22.4. The minimum atomic E-state index is -0.889. The van der Waals surface area contributed by atoms with E-state index in [1.165, 1.54) is 11.5 Å². The number of carbonyl (C=O) groups excluding carboxylic acids is 1. The minimum absolute atomic E-state index is 0.525. The highest BCUT2D eigenvalue weighted by Crippen LogP contribution is 2.37. The summed E-state index contributed by atoms with van der Waals surface area (Å²) in [6, 6.07) is 32.0. The first-order valence-electron chi connectivity index (χ1n) is 13.0. The topological polar surface area (TPSA) is 88.5 Å². The average Bonchev–Trinajstić information content (AvgIpc) is 3.33. The Morgan fingerprint density at radius 1 is 0.829 bits per heavy atom. The number of aliphatic carboxylic acids is 1. The van der Waals surface area contributed by atoms with Gasteiger partial charge in [-0.05, 0) is 59.3 Å². The molecular formula is C33H27ClN2O4S. The van der Waals surface area contributed by atoms with Crippen LogP contribution in [0, 0.1) is 6.92 Å². The van der Waals surface area contributed by atoms with Gasteiger partial charge in [0.15, 0.2) is 0 Å². The molecule has 0 bridgehead atoms. The van der Waals surface area contributed by atoms with Crippen molar-refractivity contribution >= 4 is 40.9 Å². The summed E-state index contributed by atoms with van der Waals surface area (Å²) in [6.45, 7) is 3.61. The molecule has 4 aromatic carbocycles. The number of hydrogen-bond donors (Lipinski definition) is 2. The number of amides is 1. The number of ether oxygens (including phenoxy) is 1. The predicted molar refractivity (Wildman–Crippen MR) is 164 cm³/mol. The fourth-order valence-electron chi connectivity index (χ4n) is 4.68. The van der Waals surface area contributed by atoms with E-state index in [4.69, 9.17) is 16.3 Å². The van der Waals surface area contributed by atoms with Gasteiger partial charge in [-0.1, -0.05) is 109 Å². The molecule has 1 unspecified atom stereocenters. The largest absolute Gasteiger partial charge is 0.481 e. The molecule has 2 N–H and O–H groups in total. The number of aromatic nitrogens is 1. The molecule has 0 spiro atoms. The number of anilines is 1. The van der Waals surface area contributed by atoms with Crippen LogP contribution in [0.2, 0.25) is 5.02 Å². The van der Waals surface area contributed by atoms with Crippen LogP contribution < -0.4 is 5.32 Å². The third-order valence-corrected chi connectivity index (χ3v) is 8.15. The van der Waals surface area contributed by atoms with Crippen LogP contribution in [-0.4, -0.2) is 21.5 Å². The van der Waals surface area contributed by atoms with Crippen molar-refractivity contribution in [3.8, 4) is 21.6 Å². The molecule has 5 aromatic rings. The second kappa shape index (κ2) is 12.4. The molecule has 1 heterocycles. The number of carboxylic acid groups (broad SMARTS) is 1. The van der Waals surface area contributed by atoms with Crippen molar-refractivity contribution in [3.63, 3.8) is 0 Å². The number of hydrogen-bond acceptors (Lipinski definition) is 5. The van der Waals surface area contributed by atoms with Crippen LogP contribution in [0.15, 0.2) is 103 Å². The summed E-state index contributed by atoms with van der Waals surface area (Å²) in [5.41, 5.74) is 6.33. The number of nitrogens with zero attached hydrogens (tertiary/aromatic N) is 1. The van der Waals surface area contributed by atoms with Crippen molar-refractivity contribution in [2.45, 2.75) is 25.9 Å². The van der Waals surface area contributed by atoms with Gasteiger partial charge < -0.3 is 9.84 Å². The van der Waals surface area contributed by atoms with Crippen LogP contribution in [0.25, 0.3) is 21.6 Å². The molecular weight excluding hydrogens is 556 g/mol. The SMILES string of the molecule is Cc1nsc(-c2ccc(-c3ccc(C(C(=O)O)c4ccccc4)cc3)cc2)c1NC(=O)O[C@H](C)c1ccccc1Cl. The van der Waals surface area contributed by atoms with Gasteiger partial charge in [-0.15, -0.1) is 0 Å². The van der Waals surface area contributed by atoms with Gasteiger partial charge in [-0.2, -0.15) is 4.37 Å². The van der Waals surface area contributed by atoms with Gasteiger partial charge in [-0.25, -0.2) is 4.79 Å². The first-order chi connectivity index (χ1) is 19.8. The van der Waals surface area contributed by atoms with E-state index in [1.54, 1.807) is 13.0 Å². The van der Waals surface area contributed by atoms with Crippen molar-refractivity contribution in [3.05, 3.63) is 131 Å². The smallest absolute Gasteiger partial charge is 0.412 e. The zero-order chi connectivity index (χ0) is 28.9. The van der Waals surface area contributed by atoms with E-state index in [1.807, 2.05) is 104 Å². The third-order valence-electron chi connectivity index (χ3n) is 6.82. The van der Waals surface area contributed by atoms with Crippen molar-refractivity contribution < 1.29 is 19.4 Å². The van der Waals surface area contributed by atoms with Gasteiger partial charge in [0.25, 0.3) is 0 Å². The van der Waals surface area contributed by atoms with Crippen molar-refractivity contribution in [2.75, 3.05) is 5.32 Å². The number of carboxylic acids is 1. The van der Waals surface area contributed by atoms with Crippen LogP contribution >= 0.6 is 23.1 Å². The lowest BCUT2D eigenvalue weighted by molar-refractivity contribution is -0.137. The number of rotatable bonds is 8. The molecule has 5 rings (SSSR count). The first-order valence-corrected chi connectivity index (χ1v) is 14.1. The number of benzene rings is 4. The maximum absolute atomic E-state index is 12.8. The third kappa shape index (κ3) is 6.32. The molecule has 0 aliphatic rings. The number of carbonyl (C=O) groups is 2. The lowest BCUT2D eigenvalue weighted by Gasteiger charge is -2.16. The van der Waals surface area contributed by atoms with Crippen molar-refractivity contribution in [2.24, 2.45) is 0 Å². The molecule has 8 heteroatoms. The number of halogens is 1. The Morgan fingerprint density at radius 2 is 1.39 bits per heavy atom. The maximum atomic E-state index is 12.8. The van der Waals surface area contributed by atoms with Gasteiger partial charge in [0.05, 0.1) is 16.3 Å². The normalized spacial score (nSPS) is 12.4. The highest BCUT2D eigenvalue weighted by atomic mass is 35.5. The van der Waals surface area contributed by atoms with E-state index in [0.29, 0.717) is 16.4 Å². The maximum Gasteiger partial charge on any atom is 0.412 e. The van der Waals surface area contributed by atoms with Gasteiger partial charge in [0, 0.05) is 10.6 Å². The first kappa shape index (κ1) is 28.1. The fraction of sp³-hybridized carbons (Fsp3) is 0.121. The Labute approximate surface area is 247 Å². The standard InChI is InChI=1S/C33H27ClN2O4S/c1-20-30(35-33(39)40-21(2)27-10-6-7-11-28(27)34)31(41-36-20)26-18-14-23(15-19-26)22-12-16-25(17-13-22)29(32(37)38)24-8-4-3-5-9-24/h3-19,21,29H,1-2H3,(H,35,39)(H,37,38)/t21-,29?/m1/s1. The van der Waals surface area contributed by atoms with E-state index < -0.39 is 24.1 Å². The Hall–Kier alpha value is -4.46. The Balaban J connectivity index is 1.31. The quantitative estimate of drug-likeness (QED) is 0.191. The summed E-state index contributed by atoms with van der Waals surface area (Å²) in [5, 5.41) is 13.2. The highest BCUT2D eigenvalue weighted by molar-refractivity contribution is 7.10. The summed E-state index contributed by atoms with van der Waals surface area (Å²) in [4.78, 5) is 25.6. The Morgan fingerprint density at radius 3 is 2.02 bits per heavy atom. The summed E-state index contributed by atoms with van der Waals surface area (Å²) >= 11 is 7.55. The van der Waals surface area contributed by atoms with E-state index in [9.17, 15) is 14.7 Å². The van der Waals surface area contributed by atoms with E-state index in [0.717, 1.165) is 38.3 Å². The van der Waals surface area contributed by atoms with Gasteiger partial charge in [0.1, 0.15) is 12.0 Å². The molecule has 0 aliphatic carbocycles. The highest BCUT2D eigenvalue weighted by Gasteiger charge is 2.22. The summed E-state index contributed by atoms with van der Waals surface area (Å²) in [5.74, 6) is -1.62. The van der Waals surface area contributed by atoms with Gasteiger partial charge >= 0.3 is 12.1 Å². The molecule has 0 saturated carbocycles. The molecule has 1 aromatic heterocycles. The van der Waals surface area contributed by atoms with E-state index >= 15 is 0 Å².